The van der Waals surface area contributed by atoms with Crippen LogP contribution in [0.25, 0.3) is 0 Å². The number of nitrogens with zero attached hydrogens (tertiary/aromatic N) is 3. The van der Waals surface area contributed by atoms with E-state index in [1.165, 1.54) is 5.71 Å². The second-order valence-electron chi connectivity index (χ2n) is 4.45. The van der Waals surface area contributed by atoms with Gasteiger partial charge in [0.15, 0.2) is 0 Å². The van der Waals surface area contributed by atoms with E-state index in [-0.39, 0.29) is 0 Å². The van der Waals surface area contributed by atoms with Crippen LogP contribution in [0.15, 0.2) is 17.4 Å². The van der Waals surface area contributed by atoms with Gasteiger partial charge in [-0.25, -0.2) is 0 Å². The van der Waals surface area contributed by atoms with Crippen LogP contribution in [0.5, 0.6) is 0 Å². The third kappa shape index (κ3) is 3.34. The Kier molecular flexibility index (Phi) is 4.33. The molecule has 3 nitrogen and oxygen atoms in total. The molecule has 0 bridgehead atoms. The third-order valence-electron chi connectivity index (χ3n) is 3.05. The van der Waals surface area contributed by atoms with Crippen molar-refractivity contribution in [2.24, 2.45) is 11.0 Å². The van der Waals surface area contributed by atoms with Crippen molar-refractivity contribution in [2.75, 3.05) is 27.2 Å². The number of hydrogen-bond acceptors (Lipinski definition) is 3. The van der Waals surface area contributed by atoms with Crippen molar-refractivity contribution in [3.8, 4) is 0 Å². The largest absolute Gasteiger partial charge is 0.305 e. The quantitative estimate of drug-likeness (QED) is 0.663. The molecule has 0 N–H and O–H groups in total. The van der Waals surface area contributed by atoms with Gasteiger partial charge in [-0.2, -0.15) is 5.10 Å². The number of hydrogen-bond donors (Lipinski definition) is 0. The number of allylic oxidation sites excluding steroid dienone is 1. The van der Waals surface area contributed by atoms with Crippen LogP contribution < -0.4 is 0 Å². The molecule has 0 spiro atoms. The van der Waals surface area contributed by atoms with Gasteiger partial charge in [0.2, 0.25) is 0 Å². The number of hydrazone groups is 1. The summed E-state index contributed by atoms with van der Waals surface area (Å²) in [7, 11) is 4.16. The minimum absolute atomic E-state index is 0.566. The fraction of sp³-hybridized carbons (Fsp3) is 0.750. The highest BCUT2D eigenvalue weighted by Crippen LogP contribution is 2.14. The van der Waals surface area contributed by atoms with Crippen molar-refractivity contribution < 1.29 is 0 Å². The molecule has 1 atom stereocenters. The lowest BCUT2D eigenvalue weighted by molar-refractivity contribution is 0.293. The van der Waals surface area contributed by atoms with Crippen LogP contribution in [0.2, 0.25) is 0 Å². The monoisotopic (exact) mass is 209 g/mol. The van der Waals surface area contributed by atoms with Gasteiger partial charge in [-0.3, -0.25) is 5.01 Å². The van der Waals surface area contributed by atoms with E-state index >= 15 is 0 Å². The lowest BCUT2D eigenvalue weighted by Crippen LogP contribution is -2.37. The Hall–Kier alpha value is -0.830. The lowest BCUT2D eigenvalue weighted by atomic mass is 9.98. The van der Waals surface area contributed by atoms with Gasteiger partial charge in [0.25, 0.3) is 0 Å². The predicted octanol–water partition coefficient (Wildman–Crippen LogP) is 2.17. The Morgan fingerprint density at radius 3 is 2.87 bits per heavy atom. The summed E-state index contributed by atoms with van der Waals surface area (Å²) in [6.45, 7) is 10.6. The Bertz CT molecular complexity index is 258. The Morgan fingerprint density at radius 2 is 2.33 bits per heavy atom. The van der Waals surface area contributed by atoms with E-state index in [1.807, 2.05) is 12.1 Å². The van der Waals surface area contributed by atoms with Crippen molar-refractivity contribution in [3.63, 3.8) is 0 Å². The molecule has 3 heteroatoms. The minimum Gasteiger partial charge on any atom is -0.305 e. The summed E-state index contributed by atoms with van der Waals surface area (Å²) in [5.74, 6) is 0.566. The maximum atomic E-state index is 4.65. The normalized spacial score (nSPS) is 25.6. The van der Waals surface area contributed by atoms with E-state index in [0.29, 0.717) is 5.92 Å². The van der Waals surface area contributed by atoms with Crippen LogP contribution >= 0.6 is 0 Å². The summed E-state index contributed by atoms with van der Waals surface area (Å²) in [6, 6.07) is 0. The van der Waals surface area contributed by atoms with Gasteiger partial charge in [0.1, 0.15) is 0 Å². The molecular weight excluding hydrogens is 186 g/mol. The molecule has 0 aromatic rings. The van der Waals surface area contributed by atoms with Crippen LogP contribution in [0.4, 0.5) is 0 Å². The number of rotatable bonds is 3. The SMILES string of the molecule is C=C(CC)N(C)/N=C1/CCN(C)CC1C. The molecule has 0 amide bonds. The summed E-state index contributed by atoms with van der Waals surface area (Å²) in [6.07, 6.45) is 2.04. The molecule has 86 valence electrons. The average molecular weight is 209 g/mol. The van der Waals surface area contributed by atoms with E-state index in [1.54, 1.807) is 0 Å². The second kappa shape index (κ2) is 5.31. The molecule has 1 aliphatic rings. The molecule has 1 fully saturated rings. The van der Waals surface area contributed by atoms with E-state index in [0.717, 1.165) is 31.6 Å². The van der Waals surface area contributed by atoms with Crippen LogP contribution in [-0.2, 0) is 0 Å². The molecule has 1 saturated heterocycles. The van der Waals surface area contributed by atoms with Gasteiger partial charge in [0.05, 0.1) is 0 Å². The molecule has 0 radical (unpaired) electrons. The highest BCUT2D eigenvalue weighted by molar-refractivity contribution is 5.87. The van der Waals surface area contributed by atoms with Crippen molar-refractivity contribution in [1.29, 1.82) is 0 Å². The zero-order valence-corrected chi connectivity index (χ0v) is 10.5. The highest BCUT2D eigenvalue weighted by Gasteiger charge is 2.20. The molecule has 0 aromatic carbocycles. The Labute approximate surface area is 93.4 Å². The van der Waals surface area contributed by atoms with Gasteiger partial charge in [-0.15, -0.1) is 0 Å². The van der Waals surface area contributed by atoms with E-state index < -0.39 is 0 Å². The van der Waals surface area contributed by atoms with Crippen molar-refractivity contribution >= 4 is 5.71 Å². The van der Waals surface area contributed by atoms with Crippen LogP contribution in [0, 0.1) is 5.92 Å². The molecule has 0 aromatic heterocycles. The van der Waals surface area contributed by atoms with E-state index in [2.05, 4.69) is 37.5 Å². The first-order chi connectivity index (χ1) is 7.04. The smallest absolute Gasteiger partial charge is 0.0438 e. The predicted molar refractivity (Wildman–Crippen MR) is 65.9 cm³/mol. The van der Waals surface area contributed by atoms with Crippen LogP contribution in [0.1, 0.15) is 26.7 Å². The zero-order valence-electron chi connectivity index (χ0n) is 10.5. The third-order valence-corrected chi connectivity index (χ3v) is 3.05. The Morgan fingerprint density at radius 1 is 1.67 bits per heavy atom. The van der Waals surface area contributed by atoms with Crippen molar-refractivity contribution in [3.05, 3.63) is 12.3 Å². The van der Waals surface area contributed by atoms with Gasteiger partial charge >= 0.3 is 0 Å². The Balaban J connectivity index is 2.62. The molecule has 1 heterocycles. The highest BCUT2D eigenvalue weighted by atomic mass is 15.4. The van der Waals surface area contributed by atoms with E-state index in [4.69, 9.17) is 0 Å². The zero-order chi connectivity index (χ0) is 11.4. The molecular formula is C12H23N3. The molecule has 15 heavy (non-hydrogen) atoms. The summed E-state index contributed by atoms with van der Waals surface area (Å²) in [5.41, 5.74) is 2.39. The first-order valence-electron chi connectivity index (χ1n) is 5.72. The second-order valence-corrected chi connectivity index (χ2v) is 4.45. The topological polar surface area (TPSA) is 18.8 Å². The van der Waals surface area contributed by atoms with Crippen molar-refractivity contribution in [2.45, 2.75) is 26.7 Å². The summed E-state index contributed by atoms with van der Waals surface area (Å²) in [5, 5.41) is 6.57. The first kappa shape index (κ1) is 12.2. The van der Waals surface area contributed by atoms with Gasteiger partial charge in [0, 0.05) is 43.9 Å². The average Bonchev–Trinajstić information content (AvgIpc) is 2.20. The maximum absolute atomic E-state index is 4.65. The number of likely N-dealkylation sites (tertiary alicyclic amines) is 1. The summed E-state index contributed by atoms with van der Waals surface area (Å²) in [4.78, 5) is 2.36. The molecule has 1 aliphatic heterocycles. The molecule has 1 rings (SSSR count). The van der Waals surface area contributed by atoms with Crippen LogP contribution in [0.3, 0.4) is 0 Å². The lowest BCUT2D eigenvalue weighted by Gasteiger charge is -2.30. The van der Waals surface area contributed by atoms with E-state index in [9.17, 15) is 0 Å². The van der Waals surface area contributed by atoms with Crippen molar-refractivity contribution in [1.82, 2.24) is 9.91 Å². The summed E-state index contributed by atoms with van der Waals surface area (Å²) >= 11 is 0. The fourth-order valence-electron chi connectivity index (χ4n) is 1.86. The first-order valence-corrected chi connectivity index (χ1v) is 5.72. The molecule has 0 saturated carbocycles. The maximum Gasteiger partial charge on any atom is 0.0438 e. The van der Waals surface area contributed by atoms with Crippen LogP contribution in [-0.4, -0.2) is 42.8 Å². The minimum atomic E-state index is 0.566. The van der Waals surface area contributed by atoms with Gasteiger partial charge in [-0.05, 0) is 13.5 Å². The molecule has 1 unspecified atom stereocenters. The standard InChI is InChI=1S/C12H23N3/c1-6-11(3)15(5)13-12-7-8-14(4)9-10(12)2/h10H,3,6-9H2,1-2,4-5H3/b13-12-. The fourth-order valence-corrected chi connectivity index (χ4v) is 1.86. The van der Waals surface area contributed by atoms with Gasteiger partial charge < -0.3 is 4.90 Å². The summed E-state index contributed by atoms with van der Waals surface area (Å²) < 4.78 is 0. The molecule has 0 aliphatic carbocycles. The van der Waals surface area contributed by atoms with Gasteiger partial charge in [-0.1, -0.05) is 20.4 Å². The number of piperidine rings is 1.